The molecule has 4 nitrogen and oxygen atoms in total. The number of hydrogen-bond acceptors (Lipinski definition) is 2. The van der Waals surface area contributed by atoms with Gasteiger partial charge in [0, 0.05) is 35.2 Å². The van der Waals surface area contributed by atoms with E-state index in [0.29, 0.717) is 18.1 Å². The van der Waals surface area contributed by atoms with E-state index in [1.165, 1.54) is 4.90 Å². The first kappa shape index (κ1) is 15.3. The first-order valence-corrected chi connectivity index (χ1v) is 7.17. The maximum atomic E-state index is 10.9. The second-order valence-electron chi connectivity index (χ2n) is 5.02. The average molecular weight is 318 g/mol. The second kappa shape index (κ2) is 5.70. The van der Waals surface area contributed by atoms with Crippen molar-refractivity contribution in [3.8, 4) is 5.75 Å². The Morgan fingerprint density at radius 1 is 1.55 bits per heavy atom. The summed E-state index contributed by atoms with van der Waals surface area (Å²) in [4.78, 5) is 12.3. The van der Waals surface area contributed by atoms with Crippen molar-refractivity contribution in [2.75, 3.05) is 20.2 Å². The molecule has 0 spiro atoms. The van der Waals surface area contributed by atoms with Crippen molar-refractivity contribution in [2.24, 2.45) is 0 Å². The van der Waals surface area contributed by atoms with Gasteiger partial charge < -0.3 is 14.7 Å². The highest BCUT2D eigenvalue weighted by Crippen LogP contribution is 2.43. The van der Waals surface area contributed by atoms with E-state index in [0.717, 1.165) is 22.4 Å². The van der Waals surface area contributed by atoms with Crippen LogP contribution in [0.4, 0.5) is 4.79 Å². The molecule has 1 heterocycles. The van der Waals surface area contributed by atoms with E-state index in [2.05, 4.69) is 0 Å². The van der Waals surface area contributed by atoms with E-state index < -0.39 is 6.09 Å². The Morgan fingerprint density at radius 2 is 2.15 bits per heavy atom. The SMILES string of the molecule is COc1c(C(C)Cl)cc(Cl)c(C)c1C1CN(C(=O)O)C1. The summed E-state index contributed by atoms with van der Waals surface area (Å²) < 4.78 is 5.52. The first-order chi connectivity index (χ1) is 9.36. The maximum absolute atomic E-state index is 10.9. The third-order valence-corrected chi connectivity index (χ3v) is 4.37. The number of carbonyl (C=O) groups is 1. The fourth-order valence-corrected chi connectivity index (χ4v) is 2.98. The Balaban J connectivity index is 2.44. The number of amides is 1. The lowest BCUT2D eigenvalue weighted by molar-refractivity contribution is 0.104. The maximum Gasteiger partial charge on any atom is 0.407 e. The number of hydrogen-bond donors (Lipinski definition) is 1. The molecule has 1 saturated heterocycles. The zero-order chi connectivity index (χ0) is 15.0. The van der Waals surface area contributed by atoms with Gasteiger partial charge in [0.05, 0.1) is 12.5 Å². The van der Waals surface area contributed by atoms with Crippen molar-refractivity contribution in [1.29, 1.82) is 0 Å². The lowest BCUT2D eigenvalue weighted by Crippen LogP contribution is -2.48. The summed E-state index contributed by atoms with van der Waals surface area (Å²) in [5, 5.41) is 9.35. The Morgan fingerprint density at radius 3 is 2.60 bits per heavy atom. The van der Waals surface area contributed by atoms with Crippen LogP contribution < -0.4 is 4.74 Å². The Kier molecular flexibility index (Phi) is 4.35. The molecule has 0 saturated carbocycles. The molecule has 0 aliphatic carbocycles. The van der Waals surface area contributed by atoms with Crippen LogP contribution >= 0.6 is 23.2 Å². The summed E-state index contributed by atoms with van der Waals surface area (Å²) >= 11 is 12.5. The second-order valence-corrected chi connectivity index (χ2v) is 6.08. The molecule has 1 unspecified atom stereocenters. The third-order valence-electron chi connectivity index (χ3n) is 3.74. The summed E-state index contributed by atoms with van der Waals surface area (Å²) in [5.74, 6) is 0.832. The van der Waals surface area contributed by atoms with Crippen molar-refractivity contribution >= 4 is 29.3 Å². The number of ether oxygens (including phenoxy) is 1. The summed E-state index contributed by atoms with van der Waals surface area (Å²) in [6.07, 6.45) is -0.897. The molecule has 1 fully saturated rings. The van der Waals surface area contributed by atoms with Crippen LogP contribution in [0.15, 0.2) is 6.07 Å². The number of alkyl halides is 1. The number of likely N-dealkylation sites (tertiary alicyclic amines) is 1. The summed E-state index contributed by atoms with van der Waals surface area (Å²) in [5.41, 5.74) is 2.74. The lowest BCUT2D eigenvalue weighted by atomic mass is 9.86. The zero-order valence-electron chi connectivity index (χ0n) is 11.6. The highest BCUT2D eigenvalue weighted by molar-refractivity contribution is 6.31. The minimum Gasteiger partial charge on any atom is -0.496 e. The minimum atomic E-state index is -0.897. The number of halogens is 2. The van der Waals surface area contributed by atoms with Crippen LogP contribution in [0.2, 0.25) is 5.02 Å². The van der Waals surface area contributed by atoms with Gasteiger partial charge in [-0.3, -0.25) is 0 Å². The Labute approximate surface area is 128 Å². The predicted molar refractivity (Wildman–Crippen MR) is 79.3 cm³/mol. The molecule has 1 aromatic carbocycles. The van der Waals surface area contributed by atoms with Gasteiger partial charge in [-0.2, -0.15) is 0 Å². The molecule has 1 aliphatic rings. The van der Waals surface area contributed by atoms with Gasteiger partial charge in [0.15, 0.2) is 0 Å². The fraction of sp³-hybridized carbons (Fsp3) is 0.500. The van der Waals surface area contributed by atoms with Gasteiger partial charge in [-0.1, -0.05) is 11.6 Å². The van der Waals surface area contributed by atoms with E-state index in [1.807, 2.05) is 19.9 Å². The largest absolute Gasteiger partial charge is 0.496 e. The van der Waals surface area contributed by atoms with Crippen molar-refractivity contribution in [2.45, 2.75) is 25.1 Å². The van der Waals surface area contributed by atoms with Gasteiger partial charge in [0.2, 0.25) is 0 Å². The zero-order valence-corrected chi connectivity index (χ0v) is 13.1. The molecular weight excluding hydrogens is 301 g/mol. The van der Waals surface area contributed by atoms with Crippen LogP contribution in [0.1, 0.15) is 34.9 Å². The molecule has 2 rings (SSSR count). The molecule has 1 aliphatic heterocycles. The summed E-state index contributed by atoms with van der Waals surface area (Å²) in [6, 6.07) is 1.82. The molecule has 1 amide bonds. The van der Waals surface area contributed by atoms with Crippen molar-refractivity contribution in [1.82, 2.24) is 4.90 Å². The molecule has 110 valence electrons. The Bertz CT molecular complexity index is 540. The van der Waals surface area contributed by atoms with E-state index in [-0.39, 0.29) is 11.3 Å². The van der Waals surface area contributed by atoms with Gasteiger partial charge in [-0.25, -0.2) is 4.79 Å². The lowest BCUT2D eigenvalue weighted by Gasteiger charge is -2.39. The van der Waals surface area contributed by atoms with E-state index in [1.54, 1.807) is 7.11 Å². The fourth-order valence-electron chi connectivity index (χ4n) is 2.60. The smallest absolute Gasteiger partial charge is 0.407 e. The molecule has 0 radical (unpaired) electrons. The molecule has 20 heavy (non-hydrogen) atoms. The van der Waals surface area contributed by atoms with Crippen LogP contribution in [0, 0.1) is 6.92 Å². The van der Waals surface area contributed by atoms with E-state index >= 15 is 0 Å². The van der Waals surface area contributed by atoms with E-state index in [4.69, 9.17) is 33.0 Å². The average Bonchev–Trinajstić information content (AvgIpc) is 2.31. The molecule has 1 N–H and O–H groups in total. The quantitative estimate of drug-likeness (QED) is 0.856. The van der Waals surface area contributed by atoms with Gasteiger partial charge in [0.1, 0.15) is 5.75 Å². The highest BCUT2D eigenvalue weighted by Gasteiger charge is 2.36. The van der Waals surface area contributed by atoms with Crippen LogP contribution in [0.3, 0.4) is 0 Å². The molecule has 1 atom stereocenters. The number of rotatable bonds is 3. The predicted octanol–water partition coefficient (Wildman–Crippen LogP) is 4.03. The van der Waals surface area contributed by atoms with Gasteiger partial charge in [-0.05, 0) is 25.5 Å². The molecule has 6 heteroatoms. The first-order valence-electron chi connectivity index (χ1n) is 6.35. The molecular formula is C14H17Cl2NO3. The van der Waals surface area contributed by atoms with Crippen molar-refractivity contribution < 1.29 is 14.6 Å². The standard InChI is InChI=1S/C14H17Cl2NO3/c1-7-11(16)4-10(8(2)15)13(20-3)12(7)9-5-17(6-9)14(18)19/h4,8-9H,5-6H2,1-3H3,(H,18,19). The van der Waals surface area contributed by atoms with E-state index in [9.17, 15) is 4.79 Å². The topological polar surface area (TPSA) is 49.8 Å². The number of benzene rings is 1. The number of nitrogens with zero attached hydrogens (tertiary/aromatic N) is 1. The normalized spacial score (nSPS) is 16.8. The summed E-state index contributed by atoms with van der Waals surface area (Å²) in [6.45, 7) is 4.71. The highest BCUT2D eigenvalue weighted by atomic mass is 35.5. The minimum absolute atomic E-state index is 0.105. The Hall–Kier alpha value is -1.13. The van der Waals surface area contributed by atoms with Crippen LogP contribution in [0.5, 0.6) is 5.75 Å². The van der Waals surface area contributed by atoms with Crippen molar-refractivity contribution in [3.63, 3.8) is 0 Å². The van der Waals surface area contributed by atoms with Crippen LogP contribution in [-0.4, -0.2) is 36.3 Å². The monoisotopic (exact) mass is 317 g/mol. The van der Waals surface area contributed by atoms with Gasteiger partial charge in [-0.15, -0.1) is 11.6 Å². The number of methoxy groups -OCH3 is 1. The van der Waals surface area contributed by atoms with Crippen LogP contribution in [0.25, 0.3) is 0 Å². The molecule has 0 bridgehead atoms. The van der Waals surface area contributed by atoms with Gasteiger partial charge in [0.25, 0.3) is 0 Å². The number of carboxylic acid groups (broad SMARTS) is 1. The summed E-state index contributed by atoms with van der Waals surface area (Å²) in [7, 11) is 1.60. The van der Waals surface area contributed by atoms with Gasteiger partial charge >= 0.3 is 6.09 Å². The van der Waals surface area contributed by atoms with Crippen molar-refractivity contribution in [3.05, 3.63) is 27.8 Å². The molecule has 1 aromatic rings. The third kappa shape index (κ3) is 2.54. The van der Waals surface area contributed by atoms with Crippen LogP contribution in [-0.2, 0) is 0 Å². The molecule has 0 aromatic heterocycles.